The summed E-state index contributed by atoms with van der Waals surface area (Å²) >= 11 is 0. The SMILES string of the molecule is CC(CC(=O)CCCOC(=O)C(C)(C)C)CC1(C)OCCO1. The molecule has 1 fully saturated rings. The lowest BCUT2D eigenvalue weighted by Crippen LogP contribution is -2.28. The Morgan fingerprint density at radius 2 is 1.82 bits per heavy atom. The molecule has 0 spiro atoms. The third kappa shape index (κ3) is 6.88. The van der Waals surface area contributed by atoms with Crippen LogP contribution in [0.1, 0.15) is 60.3 Å². The van der Waals surface area contributed by atoms with Crippen LogP contribution in [0.5, 0.6) is 0 Å². The number of rotatable bonds is 8. The second-order valence-corrected chi connectivity index (χ2v) is 7.37. The van der Waals surface area contributed by atoms with Crippen LogP contribution in [0.25, 0.3) is 0 Å². The van der Waals surface area contributed by atoms with Crippen LogP contribution < -0.4 is 0 Å². The van der Waals surface area contributed by atoms with E-state index >= 15 is 0 Å². The summed E-state index contributed by atoms with van der Waals surface area (Å²) in [6, 6.07) is 0. The zero-order valence-electron chi connectivity index (χ0n) is 14.6. The lowest BCUT2D eigenvalue weighted by molar-refractivity contribution is -0.156. The van der Waals surface area contributed by atoms with Crippen LogP contribution >= 0.6 is 0 Å². The molecule has 5 heteroatoms. The molecule has 1 heterocycles. The third-order valence-electron chi connectivity index (χ3n) is 3.64. The molecule has 128 valence electrons. The maximum atomic E-state index is 12.0. The summed E-state index contributed by atoms with van der Waals surface area (Å²) in [6.07, 6.45) is 2.26. The van der Waals surface area contributed by atoms with E-state index in [0.29, 0.717) is 39.1 Å². The van der Waals surface area contributed by atoms with Crippen LogP contribution in [-0.4, -0.2) is 37.4 Å². The Bertz CT molecular complexity index is 377. The lowest BCUT2D eigenvalue weighted by atomic mass is 9.95. The molecule has 0 amide bonds. The topological polar surface area (TPSA) is 61.8 Å². The fraction of sp³-hybridized carbons (Fsp3) is 0.882. The van der Waals surface area contributed by atoms with E-state index in [2.05, 4.69) is 0 Å². The van der Waals surface area contributed by atoms with Crippen LogP contribution in [-0.2, 0) is 23.8 Å². The van der Waals surface area contributed by atoms with E-state index in [9.17, 15) is 9.59 Å². The molecular weight excluding hydrogens is 284 g/mol. The zero-order chi connectivity index (χ0) is 16.8. The minimum absolute atomic E-state index is 0.195. The summed E-state index contributed by atoms with van der Waals surface area (Å²) < 4.78 is 16.3. The summed E-state index contributed by atoms with van der Waals surface area (Å²) in [5.41, 5.74) is -0.491. The first kappa shape index (κ1) is 19.1. The summed E-state index contributed by atoms with van der Waals surface area (Å²) in [5, 5.41) is 0. The smallest absolute Gasteiger partial charge is 0.311 e. The summed E-state index contributed by atoms with van der Waals surface area (Å²) in [6.45, 7) is 11.0. The molecule has 0 bridgehead atoms. The molecule has 0 radical (unpaired) electrons. The third-order valence-corrected chi connectivity index (χ3v) is 3.64. The predicted octanol–water partition coefficient (Wildman–Crippen LogP) is 3.10. The molecular formula is C17H30O5. The van der Waals surface area contributed by atoms with E-state index in [1.807, 2.05) is 34.6 Å². The van der Waals surface area contributed by atoms with Crippen molar-refractivity contribution < 1.29 is 23.8 Å². The van der Waals surface area contributed by atoms with E-state index in [-0.39, 0.29) is 17.7 Å². The van der Waals surface area contributed by atoms with E-state index in [1.165, 1.54) is 0 Å². The molecule has 1 saturated heterocycles. The Morgan fingerprint density at radius 1 is 1.23 bits per heavy atom. The van der Waals surface area contributed by atoms with Crippen molar-refractivity contribution in [2.75, 3.05) is 19.8 Å². The fourth-order valence-electron chi connectivity index (χ4n) is 2.52. The van der Waals surface area contributed by atoms with Gasteiger partial charge < -0.3 is 14.2 Å². The molecule has 0 aromatic rings. The first-order valence-corrected chi connectivity index (χ1v) is 8.09. The van der Waals surface area contributed by atoms with Crippen LogP contribution in [0.3, 0.4) is 0 Å². The number of Topliss-reactive ketones (excluding diaryl/α,β-unsaturated/α-hetero) is 1. The second-order valence-electron chi connectivity index (χ2n) is 7.37. The molecule has 22 heavy (non-hydrogen) atoms. The highest BCUT2D eigenvalue weighted by molar-refractivity contribution is 5.78. The highest BCUT2D eigenvalue weighted by Crippen LogP contribution is 2.28. The summed E-state index contributed by atoms with van der Waals surface area (Å²) in [4.78, 5) is 23.5. The summed E-state index contributed by atoms with van der Waals surface area (Å²) in [7, 11) is 0. The fourth-order valence-corrected chi connectivity index (χ4v) is 2.52. The van der Waals surface area contributed by atoms with Gasteiger partial charge in [-0.15, -0.1) is 0 Å². The number of ketones is 1. The Kier molecular flexibility index (Phi) is 7.00. The zero-order valence-corrected chi connectivity index (χ0v) is 14.6. The van der Waals surface area contributed by atoms with Gasteiger partial charge in [-0.2, -0.15) is 0 Å². The standard InChI is InChI=1S/C17H30O5/c1-13(12-17(5)21-9-10-22-17)11-14(18)7-6-8-20-15(19)16(2,3)4/h13H,6-12H2,1-5H3. The number of carbonyl (C=O) groups is 2. The normalized spacial score (nSPS) is 19.0. The molecule has 1 unspecified atom stereocenters. The van der Waals surface area contributed by atoms with Crippen LogP contribution in [0.4, 0.5) is 0 Å². The van der Waals surface area contributed by atoms with Crippen LogP contribution in [0.2, 0.25) is 0 Å². The van der Waals surface area contributed by atoms with Crippen molar-refractivity contribution in [1.29, 1.82) is 0 Å². The number of ether oxygens (including phenoxy) is 3. The molecule has 0 N–H and O–H groups in total. The van der Waals surface area contributed by atoms with Gasteiger partial charge in [-0.1, -0.05) is 6.92 Å². The van der Waals surface area contributed by atoms with Crippen LogP contribution in [0, 0.1) is 11.3 Å². The molecule has 5 nitrogen and oxygen atoms in total. The lowest BCUT2D eigenvalue weighted by Gasteiger charge is -2.25. The maximum absolute atomic E-state index is 12.0. The van der Waals surface area contributed by atoms with Gasteiger partial charge in [-0.05, 0) is 40.0 Å². The molecule has 0 saturated carbocycles. The Hall–Kier alpha value is -0.940. The van der Waals surface area contributed by atoms with Gasteiger partial charge in [-0.25, -0.2) is 0 Å². The van der Waals surface area contributed by atoms with E-state index in [4.69, 9.17) is 14.2 Å². The van der Waals surface area contributed by atoms with Gasteiger partial charge in [0.05, 0.1) is 25.2 Å². The molecule has 0 aromatic heterocycles. The number of hydrogen-bond donors (Lipinski definition) is 0. The van der Waals surface area contributed by atoms with E-state index in [0.717, 1.165) is 6.42 Å². The minimum atomic E-state index is -0.540. The molecule has 0 aromatic carbocycles. The maximum Gasteiger partial charge on any atom is 0.311 e. The van der Waals surface area contributed by atoms with Gasteiger partial charge in [0.15, 0.2) is 5.79 Å². The van der Waals surface area contributed by atoms with Crippen molar-refractivity contribution in [2.24, 2.45) is 11.3 Å². The van der Waals surface area contributed by atoms with Gasteiger partial charge in [0, 0.05) is 19.3 Å². The Morgan fingerprint density at radius 3 is 2.36 bits per heavy atom. The van der Waals surface area contributed by atoms with Crippen LogP contribution in [0.15, 0.2) is 0 Å². The molecule has 1 rings (SSSR count). The van der Waals surface area contributed by atoms with Crippen molar-refractivity contribution in [1.82, 2.24) is 0 Å². The Labute approximate surface area is 133 Å². The van der Waals surface area contributed by atoms with Gasteiger partial charge in [0.1, 0.15) is 5.78 Å². The molecule has 0 aliphatic carbocycles. The van der Waals surface area contributed by atoms with E-state index in [1.54, 1.807) is 0 Å². The summed E-state index contributed by atoms with van der Waals surface area (Å²) in [5.74, 6) is -0.354. The first-order chi connectivity index (χ1) is 10.1. The van der Waals surface area contributed by atoms with Crippen molar-refractivity contribution >= 4 is 11.8 Å². The molecule has 1 aliphatic heterocycles. The molecule has 1 aliphatic rings. The minimum Gasteiger partial charge on any atom is -0.465 e. The first-order valence-electron chi connectivity index (χ1n) is 8.09. The average molecular weight is 314 g/mol. The Balaban J connectivity index is 2.16. The van der Waals surface area contributed by atoms with Crippen molar-refractivity contribution in [3.8, 4) is 0 Å². The molecule has 1 atom stereocenters. The van der Waals surface area contributed by atoms with Crippen molar-refractivity contribution in [2.45, 2.75) is 66.1 Å². The van der Waals surface area contributed by atoms with Gasteiger partial charge in [0.2, 0.25) is 0 Å². The highest BCUT2D eigenvalue weighted by Gasteiger charge is 2.33. The van der Waals surface area contributed by atoms with Gasteiger partial charge in [0.25, 0.3) is 0 Å². The van der Waals surface area contributed by atoms with Gasteiger partial charge >= 0.3 is 5.97 Å². The second kappa shape index (κ2) is 8.06. The predicted molar refractivity (Wildman–Crippen MR) is 83.4 cm³/mol. The monoisotopic (exact) mass is 314 g/mol. The quantitative estimate of drug-likeness (QED) is 0.509. The number of carbonyl (C=O) groups excluding carboxylic acids is 2. The number of hydrogen-bond acceptors (Lipinski definition) is 5. The van der Waals surface area contributed by atoms with Crippen molar-refractivity contribution in [3.05, 3.63) is 0 Å². The largest absolute Gasteiger partial charge is 0.465 e. The van der Waals surface area contributed by atoms with Gasteiger partial charge in [-0.3, -0.25) is 9.59 Å². The van der Waals surface area contributed by atoms with E-state index < -0.39 is 11.2 Å². The highest BCUT2D eigenvalue weighted by atomic mass is 16.7. The van der Waals surface area contributed by atoms with Crippen molar-refractivity contribution in [3.63, 3.8) is 0 Å². The average Bonchev–Trinajstić information content (AvgIpc) is 2.79. The number of esters is 1.